The minimum Gasteiger partial charge on any atom is -0.462 e. The fourth-order valence-corrected chi connectivity index (χ4v) is 1.37. The van der Waals surface area contributed by atoms with Gasteiger partial charge in [-0.3, -0.25) is 0 Å². The molecular formula is C14H18O3. The van der Waals surface area contributed by atoms with Gasteiger partial charge in [0, 0.05) is 18.6 Å². The Morgan fingerprint density at radius 3 is 2.65 bits per heavy atom. The van der Waals surface area contributed by atoms with Crippen LogP contribution in [0.2, 0.25) is 0 Å². The van der Waals surface area contributed by atoms with Crippen molar-refractivity contribution in [3.8, 4) is 0 Å². The summed E-state index contributed by atoms with van der Waals surface area (Å²) >= 11 is 0. The first kappa shape index (κ1) is 13.5. The number of aliphatic hydroxyl groups excluding tert-OH is 1. The average molecular weight is 234 g/mol. The molecule has 0 saturated carbocycles. The number of carbonyl (C=O) groups excluding carboxylic acids is 1. The Kier molecular flexibility index (Phi) is 6.04. The molecule has 0 aliphatic heterocycles. The van der Waals surface area contributed by atoms with Crippen molar-refractivity contribution >= 4 is 5.97 Å². The van der Waals surface area contributed by atoms with Crippen LogP contribution in [-0.2, 0) is 16.0 Å². The number of rotatable bonds is 7. The second kappa shape index (κ2) is 7.63. The summed E-state index contributed by atoms with van der Waals surface area (Å²) in [6, 6.07) is 9.94. The summed E-state index contributed by atoms with van der Waals surface area (Å²) in [5, 5.41) is 8.56. The number of aliphatic hydroxyl groups is 1. The maximum absolute atomic E-state index is 11.4. The molecule has 0 saturated heterocycles. The highest BCUT2D eigenvalue weighted by Crippen LogP contribution is 2.09. The number of hydrogen-bond donors (Lipinski definition) is 1. The maximum Gasteiger partial charge on any atom is 0.333 e. The molecule has 1 aromatic rings. The standard InChI is InChI=1S/C14H18O3/c1-12(14(16)17-11-5-10-15)8-9-13-6-3-2-4-7-13/h2-4,6-7,15H,1,5,8-11H2. The second-order valence-electron chi connectivity index (χ2n) is 3.80. The molecule has 3 nitrogen and oxygen atoms in total. The molecule has 1 aromatic carbocycles. The second-order valence-corrected chi connectivity index (χ2v) is 3.80. The van der Waals surface area contributed by atoms with E-state index in [-0.39, 0.29) is 19.2 Å². The predicted octanol–water partition coefficient (Wildman–Crippen LogP) is 2.10. The van der Waals surface area contributed by atoms with Crippen molar-refractivity contribution in [3.05, 3.63) is 48.0 Å². The Morgan fingerprint density at radius 2 is 2.00 bits per heavy atom. The van der Waals surface area contributed by atoms with Crippen molar-refractivity contribution in [2.24, 2.45) is 0 Å². The van der Waals surface area contributed by atoms with E-state index >= 15 is 0 Å². The van der Waals surface area contributed by atoms with Crippen LogP contribution in [0.5, 0.6) is 0 Å². The molecule has 0 heterocycles. The van der Waals surface area contributed by atoms with E-state index in [9.17, 15) is 4.79 Å². The monoisotopic (exact) mass is 234 g/mol. The summed E-state index contributed by atoms with van der Waals surface area (Å²) in [7, 11) is 0. The lowest BCUT2D eigenvalue weighted by atomic mass is 10.1. The highest BCUT2D eigenvalue weighted by atomic mass is 16.5. The molecule has 17 heavy (non-hydrogen) atoms. The normalized spacial score (nSPS) is 9.94. The highest BCUT2D eigenvalue weighted by molar-refractivity contribution is 5.87. The van der Waals surface area contributed by atoms with Crippen LogP contribution >= 0.6 is 0 Å². The van der Waals surface area contributed by atoms with Crippen LogP contribution in [-0.4, -0.2) is 24.3 Å². The number of aryl methyl sites for hydroxylation is 1. The van der Waals surface area contributed by atoms with E-state index in [4.69, 9.17) is 9.84 Å². The zero-order chi connectivity index (χ0) is 12.5. The summed E-state index contributed by atoms with van der Waals surface area (Å²) in [6.45, 7) is 3.99. The van der Waals surface area contributed by atoms with Crippen LogP contribution in [0.25, 0.3) is 0 Å². The summed E-state index contributed by atoms with van der Waals surface area (Å²) in [5.74, 6) is -0.366. The van der Waals surface area contributed by atoms with Crippen LogP contribution < -0.4 is 0 Å². The Morgan fingerprint density at radius 1 is 1.29 bits per heavy atom. The first-order chi connectivity index (χ1) is 8.24. The van der Waals surface area contributed by atoms with Gasteiger partial charge in [0.2, 0.25) is 0 Å². The summed E-state index contributed by atoms with van der Waals surface area (Å²) in [4.78, 5) is 11.4. The quantitative estimate of drug-likeness (QED) is 0.446. The van der Waals surface area contributed by atoms with Crippen LogP contribution in [0.4, 0.5) is 0 Å². The van der Waals surface area contributed by atoms with Crippen LogP contribution in [0, 0.1) is 0 Å². The Balaban J connectivity index is 2.27. The molecule has 3 heteroatoms. The van der Waals surface area contributed by atoms with Gasteiger partial charge in [-0.25, -0.2) is 4.79 Å². The van der Waals surface area contributed by atoms with Gasteiger partial charge < -0.3 is 9.84 Å². The lowest BCUT2D eigenvalue weighted by molar-refractivity contribution is -0.139. The van der Waals surface area contributed by atoms with Gasteiger partial charge in [-0.05, 0) is 18.4 Å². The molecular weight excluding hydrogens is 216 g/mol. The van der Waals surface area contributed by atoms with Crippen molar-refractivity contribution in [1.29, 1.82) is 0 Å². The van der Waals surface area contributed by atoms with Crippen LogP contribution in [0.1, 0.15) is 18.4 Å². The average Bonchev–Trinajstić information content (AvgIpc) is 2.37. The minimum atomic E-state index is -0.366. The first-order valence-electron chi connectivity index (χ1n) is 5.73. The summed E-state index contributed by atoms with van der Waals surface area (Å²) < 4.78 is 4.93. The van der Waals surface area contributed by atoms with Crippen molar-refractivity contribution in [2.45, 2.75) is 19.3 Å². The Hall–Kier alpha value is -1.61. The third-order valence-corrected chi connectivity index (χ3v) is 2.38. The number of benzene rings is 1. The molecule has 0 amide bonds. The fraction of sp³-hybridized carbons (Fsp3) is 0.357. The molecule has 0 aliphatic rings. The number of hydrogen-bond acceptors (Lipinski definition) is 3. The third-order valence-electron chi connectivity index (χ3n) is 2.38. The molecule has 0 atom stereocenters. The molecule has 0 aromatic heterocycles. The van der Waals surface area contributed by atoms with Crippen molar-refractivity contribution in [3.63, 3.8) is 0 Å². The molecule has 0 bridgehead atoms. The summed E-state index contributed by atoms with van der Waals surface area (Å²) in [6.07, 6.45) is 1.86. The topological polar surface area (TPSA) is 46.5 Å². The zero-order valence-corrected chi connectivity index (χ0v) is 9.89. The molecule has 1 N–H and O–H groups in total. The van der Waals surface area contributed by atoms with E-state index in [0.717, 1.165) is 6.42 Å². The van der Waals surface area contributed by atoms with Crippen molar-refractivity contribution in [2.75, 3.05) is 13.2 Å². The molecule has 92 valence electrons. The largest absolute Gasteiger partial charge is 0.462 e. The van der Waals surface area contributed by atoms with Crippen molar-refractivity contribution in [1.82, 2.24) is 0 Å². The predicted molar refractivity (Wildman–Crippen MR) is 66.6 cm³/mol. The van der Waals surface area contributed by atoms with E-state index in [1.807, 2.05) is 30.3 Å². The Labute approximate surface area is 102 Å². The van der Waals surface area contributed by atoms with Gasteiger partial charge in [-0.15, -0.1) is 0 Å². The number of esters is 1. The van der Waals surface area contributed by atoms with Crippen molar-refractivity contribution < 1.29 is 14.6 Å². The van der Waals surface area contributed by atoms with E-state index < -0.39 is 0 Å². The van der Waals surface area contributed by atoms with Gasteiger partial charge in [-0.2, -0.15) is 0 Å². The van der Waals surface area contributed by atoms with Gasteiger partial charge in [0.15, 0.2) is 0 Å². The van der Waals surface area contributed by atoms with Crippen LogP contribution in [0.3, 0.4) is 0 Å². The molecule has 0 unspecified atom stereocenters. The van der Waals surface area contributed by atoms with E-state index in [1.54, 1.807) is 0 Å². The molecule has 0 radical (unpaired) electrons. The first-order valence-corrected chi connectivity index (χ1v) is 5.73. The Bertz CT molecular complexity index is 357. The van der Waals surface area contributed by atoms with Gasteiger partial charge in [0.25, 0.3) is 0 Å². The zero-order valence-electron chi connectivity index (χ0n) is 9.89. The number of carbonyl (C=O) groups is 1. The smallest absolute Gasteiger partial charge is 0.333 e. The maximum atomic E-state index is 11.4. The lowest BCUT2D eigenvalue weighted by Gasteiger charge is -2.06. The third kappa shape index (κ3) is 5.31. The number of ether oxygens (including phenoxy) is 1. The van der Waals surface area contributed by atoms with Crippen LogP contribution in [0.15, 0.2) is 42.5 Å². The van der Waals surface area contributed by atoms with Gasteiger partial charge in [-0.1, -0.05) is 36.9 Å². The molecule has 0 spiro atoms. The van der Waals surface area contributed by atoms with Gasteiger partial charge in [0.1, 0.15) is 0 Å². The van der Waals surface area contributed by atoms with E-state index in [0.29, 0.717) is 18.4 Å². The lowest BCUT2D eigenvalue weighted by Crippen LogP contribution is -2.09. The van der Waals surface area contributed by atoms with Gasteiger partial charge in [0.05, 0.1) is 6.61 Å². The van der Waals surface area contributed by atoms with E-state index in [1.165, 1.54) is 5.56 Å². The van der Waals surface area contributed by atoms with E-state index in [2.05, 4.69) is 6.58 Å². The highest BCUT2D eigenvalue weighted by Gasteiger charge is 2.08. The molecule has 0 aliphatic carbocycles. The fourth-order valence-electron chi connectivity index (χ4n) is 1.37. The van der Waals surface area contributed by atoms with Gasteiger partial charge >= 0.3 is 5.97 Å². The minimum absolute atomic E-state index is 0.0315. The molecule has 0 fully saturated rings. The SMILES string of the molecule is C=C(CCc1ccccc1)C(=O)OCCCO. The summed E-state index contributed by atoms with van der Waals surface area (Å²) in [5.41, 5.74) is 1.66. The molecule has 1 rings (SSSR count).